The number of aliphatic hydroxyl groups excluding tert-OH is 1. The van der Waals surface area contributed by atoms with Gasteiger partial charge < -0.3 is 10.0 Å². The normalized spacial score (nSPS) is 19.3. The molecule has 2 heterocycles. The first-order chi connectivity index (χ1) is 9.19. The van der Waals surface area contributed by atoms with Crippen LogP contribution in [-0.2, 0) is 6.54 Å². The number of rotatable bonds is 2. The fourth-order valence-electron chi connectivity index (χ4n) is 2.45. The molecule has 3 rings (SSSR count). The first-order valence-electron chi connectivity index (χ1n) is 6.49. The Kier molecular flexibility index (Phi) is 2.94. The van der Waals surface area contributed by atoms with Gasteiger partial charge in [-0.3, -0.25) is 4.79 Å². The SMILES string of the molecule is CCn1nnc2cc(C(=O)N3CC[C@H](O)C3)ccc21. The summed E-state index contributed by atoms with van der Waals surface area (Å²) in [4.78, 5) is 13.9. The van der Waals surface area contributed by atoms with Gasteiger partial charge in [0, 0.05) is 25.2 Å². The Labute approximate surface area is 110 Å². The van der Waals surface area contributed by atoms with Crippen LogP contribution in [0.5, 0.6) is 0 Å². The van der Waals surface area contributed by atoms with E-state index < -0.39 is 6.10 Å². The van der Waals surface area contributed by atoms with Crippen LogP contribution in [0.15, 0.2) is 18.2 Å². The molecule has 100 valence electrons. The molecule has 1 amide bonds. The highest BCUT2D eigenvalue weighted by atomic mass is 16.3. The van der Waals surface area contributed by atoms with Gasteiger partial charge in [0.1, 0.15) is 5.52 Å². The number of hydrogen-bond acceptors (Lipinski definition) is 4. The minimum Gasteiger partial charge on any atom is -0.391 e. The van der Waals surface area contributed by atoms with Crippen molar-refractivity contribution < 1.29 is 9.90 Å². The highest BCUT2D eigenvalue weighted by Gasteiger charge is 2.25. The molecule has 0 unspecified atom stereocenters. The number of aryl methyl sites for hydroxylation is 1. The van der Waals surface area contributed by atoms with Gasteiger partial charge in [-0.25, -0.2) is 4.68 Å². The van der Waals surface area contributed by atoms with Crippen LogP contribution >= 0.6 is 0 Å². The largest absolute Gasteiger partial charge is 0.391 e. The highest BCUT2D eigenvalue weighted by molar-refractivity contribution is 5.97. The molecule has 2 aromatic rings. The van der Waals surface area contributed by atoms with E-state index in [0.29, 0.717) is 25.1 Å². The minimum atomic E-state index is -0.395. The summed E-state index contributed by atoms with van der Waals surface area (Å²) in [5.41, 5.74) is 2.26. The van der Waals surface area contributed by atoms with E-state index in [4.69, 9.17) is 0 Å². The molecule has 1 saturated heterocycles. The predicted octanol–water partition coefficient (Wildman–Crippen LogP) is 0.658. The maximum Gasteiger partial charge on any atom is 0.254 e. The molecule has 6 nitrogen and oxygen atoms in total. The van der Waals surface area contributed by atoms with E-state index in [0.717, 1.165) is 17.6 Å². The van der Waals surface area contributed by atoms with Crippen molar-refractivity contribution in [3.63, 3.8) is 0 Å². The summed E-state index contributed by atoms with van der Waals surface area (Å²) in [7, 11) is 0. The predicted molar refractivity (Wildman–Crippen MR) is 69.7 cm³/mol. The molecular weight excluding hydrogens is 244 g/mol. The van der Waals surface area contributed by atoms with Crippen molar-refractivity contribution in [2.24, 2.45) is 0 Å². The molecule has 19 heavy (non-hydrogen) atoms. The second kappa shape index (κ2) is 4.62. The van der Waals surface area contributed by atoms with Gasteiger partial charge in [-0.05, 0) is 31.5 Å². The lowest BCUT2D eigenvalue weighted by atomic mass is 10.1. The molecule has 0 radical (unpaired) electrons. The van der Waals surface area contributed by atoms with Crippen LogP contribution in [0.4, 0.5) is 0 Å². The first-order valence-corrected chi connectivity index (χ1v) is 6.49. The van der Waals surface area contributed by atoms with Gasteiger partial charge in [0.05, 0.1) is 11.6 Å². The van der Waals surface area contributed by atoms with E-state index in [-0.39, 0.29) is 5.91 Å². The number of β-amino-alcohol motifs (C(OH)–C–C–N with tert-alkyl or cyclic N) is 1. The van der Waals surface area contributed by atoms with E-state index in [1.54, 1.807) is 21.7 Å². The number of carbonyl (C=O) groups is 1. The van der Waals surface area contributed by atoms with Crippen LogP contribution in [0.25, 0.3) is 11.0 Å². The summed E-state index contributed by atoms with van der Waals surface area (Å²) >= 11 is 0. The van der Waals surface area contributed by atoms with E-state index in [1.807, 2.05) is 13.0 Å². The van der Waals surface area contributed by atoms with Crippen LogP contribution < -0.4 is 0 Å². The van der Waals surface area contributed by atoms with E-state index in [1.165, 1.54) is 0 Å². The number of aromatic nitrogens is 3. The Bertz CT molecular complexity index is 622. The standard InChI is InChI=1S/C13H16N4O2/c1-2-17-12-4-3-9(7-11(12)14-15-17)13(19)16-6-5-10(18)8-16/h3-4,7,10,18H,2,5-6,8H2,1H3/t10-/m0/s1. The van der Waals surface area contributed by atoms with Crippen molar-refractivity contribution in [1.82, 2.24) is 19.9 Å². The highest BCUT2D eigenvalue weighted by Crippen LogP contribution is 2.17. The Hall–Kier alpha value is -1.95. The molecule has 0 spiro atoms. The fraction of sp³-hybridized carbons (Fsp3) is 0.462. The van der Waals surface area contributed by atoms with Gasteiger partial charge in [0.2, 0.25) is 0 Å². The number of benzene rings is 1. The summed E-state index contributed by atoms with van der Waals surface area (Å²) in [5.74, 6) is -0.0514. The van der Waals surface area contributed by atoms with Gasteiger partial charge in [0.15, 0.2) is 0 Å². The van der Waals surface area contributed by atoms with Gasteiger partial charge in [-0.15, -0.1) is 5.10 Å². The number of likely N-dealkylation sites (tertiary alicyclic amines) is 1. The van der Waals surface area contributed by atoms with Crippen molar-refractivity contribution in [2.75, 3.05) is 13.1 Å². The average Bonchev–Trinajstić information content (AvgIpc) is 3.03. The summed E-state index contributed by atoms with van der Waals surface area (Å²) in [6.07, 6.45) is 0.258. The molecule has 1 aromatic heterocycles. The van der Waals surface area contributed by atoms with Gasteiger partial charge in [-0.2, -0.15) is 0 Å². The van der Waals surface area contributed by atoms with Crippen molar-refractivity contribution in [3.8, 4) is 0 Å². The van der Waals surface area contributed by atoms with Crippen molar-refractivity contribution in [1.29, 1.82) is 0 Å². The lowest BCUT2D eigenvalue weighted by Gasteiger charge is -2.15. The topological polar surface area (TPSA) is 71.2 Å². The molecule has 0 aliphatic carbocycles. The molecule has 0 bridgehead atoms. The molecule has 1 aromatic carbocycles. The molecule has 1 fully saturated rings. The maximum absolute atomic E-state index is 12.3. The zero-order valence-corrected chi connectivity index (χ0v) is 10.8. The van der Waals surface area contributed by atoms with Gasteiger partial charge in [0.25, 0.3) is 5.91 Å². The average molecular weight is 260 g/mol. The summed E-state index contributed by atoms with van der Waals surface area (Å²) < 4.78 is 1.79. The van der Waals surface area contributed by atoms with Crippen LogP contribution in [0.1, 0.15) is 23.7 Å². The van der Waals surface area contributed by atoms with Gasteiger partial charge >= 0.3 is 0 Å². The van der Waals surface area contributed by atoms with E-state index in [9.17, 15) is 9.90 Å². The second-order valence-electron chi connectivity index (χ2n) is 4.80. The maximum atomic E-state index is 12.3. The first kappa shape index (κ1) is 12.1. The molecule has 1 aliphatic heterocycles. The summed E-state index contributed by atoms with van der Waals surface area (Å²) in [6, 6.07) is 5.44. The summed E-state index contributed by atoms with van der Waals surface area (Å²) in [5, 5.41) is 17.6. The van der Waals surface area contributed by atoms with Crippen molar-refractivity contribution in [2.45, 2.75) is 26.0 Å². The molecular formula is C13H16N4O2. The Balaban J connectivity index is 1.91. The Morgan fingerprint density at radius 1 is 1.53 bits per heavy atom. The third kappa shape index (κ3) is 2.08. The van der Waals surface area contributed by atoms with Crippen LogP contribution in [0.2, 0.25) is 0 Å². The van der Waals surface area contributed by atoms with Crippen molar-refractivity contribution >= 4 is 16.9 Å². The number of fused-ring (bicyclic) bond motifs is 1. The molecule has 1 aliphatic rings. The van der Waals surface area contributed by atoms with Crippen molar-refractivity contribution in [3.05, 3.63) is 23.8 Å². The molecule has 0 saturated carbocycles. The fourth-order valence-corrected chi connectivity index (χ4v) is 2.45. The zero-order valence-electron chi connectivity index (χ0n) is 10.8. The molecule has 6 heteroatoms. The quantitative estimate of drug-likeness (QED) is 0.861. The van der Waals surface area contributed by atoms with Gasteiger partial charge in [-0.1, -0.05) is 5.21 Å². The summed E-state index contributed by atoms with van der Waals surface area (Å²) in [6.45, 7) is 3.78. The zero-order chi connectivity index (χ0) is 13.4. The number of hydrogen-bond donors (Lipinski definition) is 1. The number of aliphatic hydroxyl groups is 1. The van der Waals surface area contributed by atoms with Crippen LogP contribution in [0.3, 0.4) is 0 Å². The second-order valence-corrected chi connectivity index (χ2v) is 4.80. The lowest BCUT2D eigenvalue weighted by Crippen LogP contribution is -2.29. The minimum absolute atomic E-state index is 0.0514. The van der Waals surface area contributed by atoms with E-state index >= 15 is 0 Å². The third-order valence-corrected chi connectivity index (χ3v) is 3.51. The lowest BCUT2D eigenvalue weighted by molar-refractivity contribution is 0.0765. The Morgan fingerprint density at radius 3 is 3.05 bits per heavy atom. The Morgan fingerprint density at radius 2 is 2.37 bits per heavy atom. The smallest absolute Gasteiger partial charge is 0.254 e. The third-order valence-electron chi connectivity index (χ3n) is 3.51. The van der Waals surface area contributed by atoms with Crippen LogP contribution in [-0.4, -0.2) is 50.1 Å². The number of carbonyl (C=O) groups excluding carboxylic acids is 1. The van der Waals surface area contributed by atoms with E-state index in [2.05, 4.69) is 10.3 Å². The number of amides is 1. The molecule has 1 atom stereocenters. The number of nitrogens with zero attached hydrogens (tertiary/aromatic N) is 4. The monoisotopic (exact) mass is 260 g/mol. The molecule has 1 N–H and O–H groups in total. The van der Waals surface area contributed by atoms with Crippen LogP contribution in [0, 0.1) is 0 Å².